The summed E-state index contributed by atoms with van der Waals surface area (Å²) in [5.74, 6) is -4.37. The van der Waals surface area contributed by atoms with Gasteiger partial charge < -0.3 is 11.1 Å². The number of primary sulfonamides is 1. The third kappa shape index (κ3) is 7.32. The van der Waals surface area contributed by atoms with Crippen LogP contribution in [0.2, 0.25) is 0 Å². The first kappa shape index (κ1) is 19.7. The normalized spacial score (nSPS) is 11.6. The van der Waals surface area contributed by atoms with Crippen molar-refractivity contribution in [1.82, 2.24) is 5.32 Å². The van der Waals surface area contributed by atoms with Crippen molar-refractivity contribution in [3.05, 3.63) is 35.4 Å². The van der Waals surface area contributed by atoms with E-state index in [1.165, 1.54) is 24.3 Å². The van der Waals surface area contributed by atoms with Gasteiger partial charge in [-0.1, -0.05) is 12.1 Å². The second-order valence-electron chi connectivity index (χ2n) is 4.25. The zero-order chi connectivity index (χ0) is 15.4. The summed E-state index contributed by atoms with van der Waals surface area (Å²) in [6.45, 7) is -1.76. The van der Waals surface area contributed by atoms with E-state index in [9.17, 15) is 22.0 Å². The molecule has 0 aliphatic heterocycles. The number of benzene rings is 1. The molecule has 0 bridgehead atoms. The highest BCUT2D eigenvalue weighted by Gasteiger charge is 2.27. The number of hydrogen-bond acceptors (Lipinski definition) is 4. The zero-order valence-electron chi connectivity index (χ0n) is 10.9. The lowest BCUT2D eigenvalue weighted by atomic mass is 10.1. The molecule has 5 N–H and O–H groups in total. The minimum atomic E-state index is -3.73. The molecule has 1 amide bonds. The Morgan fingerprint density at radius 1 is 1.33 bits per heavy atom. The first-order chi connectivity index (χ1) is 9.13. The van der Waals surface area contributed by atoms with Crippen LogP contribution in [0.15, 0.2) is 24.3 Å². The van der Waals surface area contributed by atoms with Crippen LogP contribution >= 0.6 is 12.4 Å². The summed E-state index contributed by atoms with van der Waals surface area (Å²) in [5, 5.41) is 6.92. The molecule has 0 unspecified atom stereocenters. The Morgan fingerprint density at radius 2 is 1.95 bits per heavy atom. The van der Waals surface area contributed by atoms with E-state index < -0.39 is 40.7 Å². The van der Waals surface area contributed by atoms with Crippen molar-refractivity contribution >= 4 is 28.3 Å². The summed E-state index contributed by atoms with van der Waals surface area (Å²) in [7, 11) is -3.73. The molecule has 0 fully saturated rings. The summed E-state index contributed by atoms with van der Waals surface area (Å²) in [5.41, 5.74) is 5.21. The van der Waals surface area contributed by atoms with E-state index in [4.69, 9.17) is 10.9 Å². The fourth-order valence-electron chi connectivity index (χ4n) is 1.42. The number of hydrogen-bond donors (Lipinski definition) is 3. The van der Waals surface area contributed by atoms with E-state index in [1.807, 2.05) is 5.32 Å². The van der Waals surface area contributed by atoms with Crippen LogP contribution in [0.1, 0.15) is 15.9 Å². The van der Waals surface area contributed by atoms with Gasteiger partial charge in [-0.3, -0.25) is 4.79 Å². The minimum Gasteiger partial charge on any atom is -0.346 e. The van der Waals surface area contributed by atoms with Crippen LogP contribution in [-0.4, -0.2) is 33.3 Å². The number of nitrogens with two attached hydrogens (primary N) is 2. The Labute approximate surface area is 127 Å². The van der Waals surface area contributed by atoms with Crippen LogP contribution in [-0.2, 0) is 15.8 Å². The number of carbonyl (C=O) groups is 1. The molecule has 0 spiro atoms. The van der Waals surface area contributed by atoms with Crippen molar-refractivity contribution in [2.75, 3.05) is 13.1 Å². The highest BCUT2D eigenvalue weighted by atomic mass is 35.5. The highest BCUT2D eigenvalue weighted by Crippen LogP contribution is 2.11. The Balaban J connectivity index is 0.00000400. The molecule has 0 aliphatic carbocycles. The summed E-state index contributed by atoms with van der Waals surface area (Å²) >= 11 is 0. The lowest BCUT2D eigenvalue weighted by molar-refractivity contribution is 0.0118. The van der Waals surface area contributed by atoms with Gasteiger partial charge in [0.1, 0.15) is 0 Å². The predicted molar refractivity (Wildman–Crippen MR) is 76.8 cm³/mol. The SMILES string of the molecule is Cl.NCC(F)(F)CNC(=O)c1cccc(CS(N)(=O)=O)c1. The molecule has 1 aromatic carbocycles. The van der Waals surface area contributed by atoms with Crippen molar-refractivity contribution in [3.63, 3.8) is 0 Å². The van der Waals surface area contributed by atoms with Crippen LogP contribution in [0, 0.1) is 0 Å². The maximum atomic E-state index is 12.9. The van der Waals surface area contributed by atoms with Crippen LogP contribution in [0.4, 0.5) is 8.78 Å². The number of sulfonamides is 1. The average molecular weight is 344 g/mol. The second-order valence-corrected chi connectivity index (χ2v) is 5.86. The van der Waals surface area contributed by atoms with Gasteiger partial charge in [0.2, 0.25) is 10.0 Å². The lowest BCUT2D eigenvalue weighted by Gasteiger charge is -2.14. The number of alkyl halides is 2. The fourth-order valence-corrected chi connectivity index (χ4v) is 2.06. The number of halogens is 3. The third-order valence-electron chi connectivity index (χ3n) is 2.36. The summed E-state index contributed by atoms with van der Waals surface area (Å²) in [4.78, 5) is 11.7. The fraction of sp³-hybridized carbons (Fsp3) is 0.364. The van der Waals surface area contributed by atoms with Crippen molar-refractivity contribution in [2.45, 2.75) is 11.7 Å². The van der Waals surface area contributed by atoms with Gasteiger partial charge in [0.25, 0.3) is 11.8 Å². The van der Waals surface area contributed by atoms with Crippen molar-refractivity contribution in [2.24, 2.45) is 10.9 Å². The molecule has 120 valence electrons. The molecule has 1 aromatic rings. The van der Waals surface area contributed by atoms with E-state index in [0.29, 0.717) is 5.56 Å². The molecule has 0 saturated heterocycles. The number of nitrogens with one attached hydrogen (secondary N) is 1. The molecule has 10 heteroatoms. The van der Waals surface area contributed by atoms with Crippen LogP contribution in [0.3, 0.4) is 0 Å². The Kier molecular flexibility index (Phi) is 7.17. The molecule has 0 aliphatic rings. The van der Waals surface area contributed by atoms with Crippen molar-refractivity contribution in [1.29, 1.82) is 0 Å². The average Bonchev–Trinajstić information content (AvgIpc) is 2.34. The summed E-state index contributed by atoms with van der Waals surface area (Å²) < 4.78 is 47.7. The molecular formula is C11H16ClF2N3O3S. The molecule has 1 rings (SSSR count). The standard InChI is InChI=1S/C11H15F2N3O3S.ClH/c12-11(13,6-14)7-16-10(17)9-3-1-2-8(4-9)5-20(15,18)19;/h1-4H,5-7,14H2,(H,16,17)(H2,15,18,19);1H. The smallest absolute Gasteiger partial charge is 0.277 e. The summed E-state index contributed by atoms with van der Waals surface area (Å²) in [6, 6.07) is 5.56. The van der Waals surface area contributed by atoms with E-state index in [2.05, 4.69) is 0 Å². The maximum absolute atomic E-state index is 12.9. The first-order valence-electron chi connectivity index (χ1n) is 5.58. The van der Waals surface area contributed by atoms with Gasteiger partial charge in [-0.05, 0) is 17.7 Å². The summed E-state index contributed by atoms with van der Waals surface area (Å²) in [6.07, 6.45) is 0. The topological polar surface area (TPSA) is 115 Å². The van der Waals surface area contributed by atoms with Crippen LogP contribution in [0.25, 0.3) is 0 Å². The van der Waals surface area contributed by atoms with Gasteiger partial charge in [0, 0.05) is 5.56 Å². The van der Waals surface area contributed by atoms with Gasteiger partial charge in [0.05, 0.1) is 18.8 Å². The van der Waals surface area contributed by atoms with Gasteiger partial charge in [0.15, 0.2) is 0 Å². The highest BCUT2D eigenvalue weighted by molar-refractivity contribution is 7.88. The van der Waals surface area contributed by atoms with Crippen LogP contribution in [0.5, 0.6) is 0 Å². The molecule has 0 heterocycles. The Morgan fingerprint density at radius 3 is 2.48 bits per heavy atom. The minimum absolute atomic E-state index is 0. The maximum Gasteiger partial charge on any atom is 0.277 e. The molecule has 0 aromatic heterocycles. The van der Waals surface area contributed by atoms with E-state index in [1.54, 1.807) is 0 Å². The number of amides is 1. The zero-order valence-corrected chi connectivity index (χ0v) is 12.5. The molecule has 21 heavy (non-hydrogen) atoms. The van der Waals surface area contributed by atoms with Crippen LogP contribution < -0.4 is 16.2 Å². The second kappa shape index (κ2) is 7.64. The van der Waals surface area contributed by atoms with Gasteiger partial charge in [-0.2, -0.15) is 0 Å². The van der Waals surface area contributed by atoms with E-state index in [-0.39, 0.29) is 18.0 Å². The molecule has 0 radical (unpaired) electrons. The third-order valence-corrected chi connectivity index (χ3v) is 3.10. The molecular weight excluding hydrogens is 328 g/mol. The van der Waals surface area contributed by atoms with Crippen molar-refractivity contribution < 1.29 is 22.0 Å². The first-order valence-corrected chi connectivity index (χ1v) is 7.30. The van der Waals surface area contributed by atoms with E-state index >= 15 is 0 Å². The molecule has 0 saturated carbocycles. The molecule has 0 atom stereocenters. The van der Waals surface area contributed by atoms with Gasteiger partial charge in [-0.15, -0.1) is 12.4 Å². The van der Waals surface area contributed by atoms with E-state index in [0.717, 1.165) is 0 Å². The Hall–Kier alpha value is -1.29. The largest absolute Gasteiger partial charge is 0.346 e. The monoisotopic (exact) mass is 343 g/mol. The Bertz CT molecular complexity index is 596. The predicted octanol–water partition coefficient (Wildman–Crippen LogP) is 0.221. The van der Waals surface area contributed by atoms with Gasteiger partial charge in [-0.25, -0.2) is 22.3 Å². The number of rotatable bonds is 6. The quantitative estimate of drug-likeness (QED) is 0.685. The molecule has 6 nitrogen and oxygen atoms in total. The van der Waals surface area contributed by atoms with Crippen molar-refractivity contribution in [3.8, 4) is 0 Å². The lowest BCUT2D eigenvalue weighted by Crippen LogP contribution is -2.41. The number of carbonyl (C=O) groups excluding carboxylic acids is 1. The van der Waals surface area contributed by atoms with Gasteiger partial charge >= 0.3 is 0 Å².